The lowest BCUT2D eigenvalue weighted by molar-refractivity contribution is 0.101. The van der Waals surface area contributed by atoms with Crippen LogP contribution in [0.4, 0.5) is 0 Å². The average molecular weight is 385 g/mol. The third-order valence-electron chi connectivity index (χ3n) is 4.38. The second-order valence-electron chi connectivity index (χ2n) is 6.20. The molecule has 0 spiro atoms. The van der Waals surface area contributed by atoms with E-state index in [0.717, 1.165) is 11.1 Å². The Labute approximate surface area is 160 Å². The molecule has 1 aromatic heterocycles. The van der Waals surface area contributed by atoms with Crippen LogP contribution >= 0.6 is 23.2 Å². The molecule has 1 aliphatic heterocycles. The summed E-state index contributed by atoms with van der Waals surface area (Å²) in [7, 11) is 0. The molecule has 0 aliphatic carbocycles. The normalized spacial score (nSPS) is 14.6. The minimum atomic E-state index is -0.151. The number of Topliss-reactive ketones (excluding diaryl/α,β-unsaturated/α-hetero) is 1. The van der Waals surface area contributed by atoms with Crippen LogP contribution in [0.5, 0.6) is 5.75 Å². The van der Waals surface area contributed by atoms with Crippen LogP contribution in [-0.4, -0.2) is 5.78 Å². The van der Waals surface area contributed by atoms with Gasteiger partial charge in [-0.3, -0.25) is 4.79 Å². The maximum absolute atomic E-state index is 12.6. The Morgan fingerprint density at radius 3 is 2.50 bits per heavy atom. The first-order valence-corrected chi connectivity index (χ1v) is 8.79. The molecular weight excluding hydrogens is 371 g/mol. The Bertz CT molecular complexity index is 1080. The first kappa shape index (κ1) is 17.0. The first-order chi connectivity index (χ1) is 12.4. The van der Waals surface area contributed by atoms with Crippen LogP contribution in [0.2, 0.25) is 10.0 Å². The number of rotatable bonds is 2. The SMILES string of the molecule is Cc1cc2c(cc1C)C(=O)C(=Cc1ccc(-c3cc(Cl)ccc3Cl)o1)O2. The van der Waals surface area contributed by atoms with Gasteiger partial charge in [0.05, 0.1) is 10.6 Å². The maximum atomic E-state index is 12.6. The maximum Gasteiger partial charge on any atom is 0.232 e. The molecule has 5 heteroatoms. The fourth-order valence-corrected chi connectivity index (χ4v) is 3.22. The van der Waals surface area contributed by atoms with Gasteiger partial charge in [0.15, 0.2) is 5.76 Å². The van der Waals surface area contributed by atoms with Crippen LogP contribution < -0.4 is 4.74 Å². The Kier molecular flexibility index (Phi) is 4.14. The highest BCUT2D eigenvalue weighted by Crippen LogP contribution is 2.35. The van der Waals surface area contributed by atoms with Crippen LogP contribution in [0, 0.1) is 13.8 Å². The first-order valence-electron chi connectivity index (χ1n) is 8.03. The summed E-state index contributed by atoms with van der Waals surface area (Å²) in [5.41, 5.74) is 3.40. The zero-order chi connectivity index (χ0) is 18.4. The zero-order valence-corrected chi connectivity index (χ0v) is 15.6. The molecule has 0 bridgehead atoms. The molecule has 3 aromatic rings. The third-order valence-corrected chi connectivity index (χ3v) is 4.94. The van der Waals surface area contributed by atoms with Crippen molar-refractivity contribution in [3.05, 3.63) is 80.7 Å². The number of ketones is 1. The molecule has 1 aliphatic rings. The highest BCUT2D eigenvalue weighted by molar-refractivity contribution is 6.35. The fourth-order valence-electron chi connectivity index (χ4n) is 2.83. The van der Waals surface area contributed by atoms with E-state index in [4.69, 9.17) is 32.4 Å². The molecule has 0 fully saturated rings. The van der Waals surface area contributed by atoms with Crippen molar-refractivity contribution < 1.29 is 13.9 Å². The summed E-state index contributed by atoms with van der Waals surface area (Å²) in [5.74, 6) is 1.73. The molecule has 0 unspecified atom stereocenters. The number of allylic oxidation sites excluding steroid dienone is 1. The fraction of sp³-hybridized carbons (Fsp3) is 0.0952. The molecule has 0 saturated heterocycles. The Balaban J connectivity index is 1.67. The lowest BCUT2D eigenvalue weighted by Crippen LogP contribution is -1.97. The summed E-state index contributed by atoms with van der Waals surface area (Å²) in [4.78, 5) is 12.6. The molecule has 2 aromatic carbocycles. The Hall–Kier alpha value is -2.49. The van der Waals surface area contributed by atoms with Gasteiger partial charge >= 0.3 is 0 Å². The Morgan fingerprint density at radius 2 is 1.69 bits per heavy atom. The average Bonchev–Trinajstić information content (AvgIpc) is 3.17. The second-order valence-corrected chi connectivity index (χ2v) is 7.04. The van der Waals surface area contributed by atoms with Crippen molar-refractivity contribution in [2.45, 2.75) is 13.8 Å². The number of carbonyl (C=O) groups excluding carboxylic acids is 1. The number of benzene rings is 2. The standard InChI is InChI=1S/C21H14Cl2O3/c1-11-7-16-19(8-12(11)2)26-20(21(16)24)10-14-4-6-18(25-14)15-9-13(22)3-5-17(15)23/h3-10H,1-2H3. The highest BCUT2D eigenvalue weighted by atomic mass is 35.5. The molecule has 0 saturated carbocycles. The number of fused-ring (bicyclic) bond motifs is 1. The molecule has 0 N–H and O–H groups in total. The van der Waals surface area contributed by atoms with Gasteiger partial charge < -0.3 is 9.15 Å². The van der Waals surface area contributed by atoms with E-state index in [2.05, 4.69) is 0 Å². The van der Waals surface area contributed by atoms with Crippen LogP contribution in [0.25, 0.3) is 17.4 Å². The number of ether oxygens (including phenoxy) is 1. The van der Waals surface area contributed by atoms with E-state index in [-0.39, 0.29) is 11.5 Å². The molecule has 26 heavy (non-hydrogen) atoms. The summed E-state index contributed by atoms with van der Waals surface area (Å²) in [5, 5.41) is 1.10. The van der Waals surface area contributed by atoms with Gasteiger partial charge in [0, 0.05) is 16.7 Å². The van der Waals surface area contributed by atoms with Crippen molar-refractivity contribution in [1.29, 1.82) is 0 Å². The van der Waals surface area contributed by atoms with Crippen molar-refractivity contribution >= 4 is 35.1 Å². The minimum absolute atomic E-state index is 0.151. The topological polar surface area (TPSA) is 39.4 Å². The minimum Gasteiger partial charge on any atom is -0.457 e. The van der Waals surface area contributed by atoms with Crippen LogP contribution in [0.1, 0.15) is 27.2 Å². The van der Waals surface area contributed by atoms with E-state index < -0.39 is 0 Å². The molecule has 0 amide bonds. The zero-order valence-electron chi connectivity index (χ0n) is 14.1. The van der Waals surface area contributed by atoms with Crippen molar-refractivity contribution in [2.75, 3.05) is 0 Å². The monoisotopic (exact) mass is 384 g/mol. The van der Waals surface area contributed by atoms with Crippen molar-refractivity contribution in [3.63, 3.8) is 0 Å². The summed E-state index contributed by atoms with van der Waals surface area (Å²) in [6.07, 6.45) is 1.59. The second kappa shape index (κ2) is 6.35. The predicted molar refractivity (Wildman–Crippen MR) is 103 cm³/mol. The van der Waals surface area contributed by atoms with E-state index >= 15 is 0 Å². The lowest BCUT2D eigenvalue weighted by Gasteiger charge is -2.02. The van der Waals surface area contributed by atoms with Gasteiger partial charge in [-0.15, -0.1) is 0 Å². The quantitative estimate of drug-likeness (QED) is 0.474. The number of aryl methyl sites for hydroxylation is 2. The molecular formula is C21H14Cl2O3. The smallest absolute Gasteiger partial charge is 0.232 e. The highest BCUT2D eigenvalue weighted by Gasteiger charge is 2.28. The molecule has 2 heterocycles. The van der Waals surface area contributed by atoms with E-state index in [9.17, 15) is 4.79 Å². The van der Waals surface area contributed by atoms with Crippen LogP contribution in [-0.2, 0) is 0 Å². The van der Waals surface area contributed by atoms with E-state index in [0.29, 0.717) is 38.4 Å². The molecule has 3 nitrogen and oxygen atoms in total. The number of furan rings is 1. The summed E-state index contributed by atoms with van der Waals surface area (Å²) in [6, 6.07) is 12.4. The van der Waals surface area contributed by atoms with E-state index in [1.807, 2.05) is 26.0 Å². The van der Waals surface area contributed by atoms with Crippen LogP contribution in [0.3, 0.4) is 0 Å². The Morgan fingerprint density at radius 1 is 0.923 bits per heavy atom. The summed E-state index contributed by atoms with van der Waals surface area (Å²) >= 11 is 12.2. The number of halogens is 2. The van der Waals surface area contributed by atoms with Crippen molar-refractivity contribution in [1.82, 2.24) is 0 Å². The van der Waals surface area contributed by atoms with E-state index in [1.54, 1.807) is 36.4 Å². The predicted octanol–water partition coefficient (Wildman–Crippen LogP) is 6.49. The van der Waals surface area contributed by atoms with Gasteiger partial charge in [-0.2, -0.15) is 0 Å². The summed E-state index contributed by atoms with van der Waals surface area (Å²) < 4.78 is 11.5. The third kappa shape index (κ3) is 2.94. The van der Waals surface area contributed by atoms with Gasteiger partial charge in [0.1, 0.15) is 17.3 Å². The number of hydrogen-bond donors (Lipinski definition) is 0. The lowest BCUT2D eigenvalue weighted by atomic mass is 10.0. The van der Waals surface area contributed by atoms with Crippen molar-refractivity contribution in [2.24, 2.45) is 0 Å². The molecule has 4 rings (SSSR count). The van der Waals surface area contributed by atoms with Gasteiger partial charge in [0.2, 0.25) is 5.78 Å². The van der Waals surface area contributed by atoms with Gasteiger partial charge in [0.25, 0.3) is 0 Å². The number of hydrogen-bond acceptors (Lipinski definition) is 3. The van der Waals surface area contributed by atoms with Crippen molar-refractivity contribution in [3.8, 4) is 17.1 Å². The largest absolute Gasteiger partial charge is 0.457 e. The molecule has 0 atom stereocenters. The van der Waals surface area contributed by atoms with Crippen LogP contribution in [0.15, 0.2) is 52.6 Å². The number of carbonyl (C=O) groups is 1. The van der Waals surface area contributed by atoms with Gasteiger partial charge in [-0.25, -0.2) is 0 Å². The molecule has 0 radical (unpaired) electrons. The van der Waals surface area contributed by atoms with E-state index in [1.165, 1.54) is 0 Å². The summed E-state index contributed by atoms with van der Waals surface area (Å²) in [6.45, 7) is 3.96. The molecule has 130 valence electrons. The van der Waals surface area contributed by atoms with Gasteiger partial charge in [-0.05, 0) is 67.4 Å². The van der Waals surface area contributed by atoms with Gasteiger partial charge in [-0.1, -0.05) is 23.2 Å².